The van der Waals surface area contributed by atoms with Crippen LogP contribution < -0.4 is 19.2 Å². The maximum atomic E-state index is 13.5. The molecule has 3 aromatic carbocycles. The first-order valence-electron chi connectivity index (χ1n) is 10.6. The summed E-state index contributed by atoms with van der Waals surface area (Å²) in [6, 6.07) is 16.4. The molecule has 0 radical (unpaired) electrons. The summed E-state index contributed by atoms with van der Waals surface area (Å²) in [6.07, 6.45) is 1.39. The van der Waals surface area contributed by atoms with E-state index in [2.05, 4.69) is 10.5 Å². The highest BCUT2D eigenvalue weighted by Gasteiger charge is 2.27. The average molecular weight is 516 g/mol. The number of amides is 1. The van der Waals surface area contributed by atoms with Crippen molar-refractivity contribution in [3.8, 4) is 11.5 Å². The monoisotopic (exact) mass is 515 g/mol. The number of halogens is 1. The highest BCUT2D eigenvalue weighted by molar-refractivity contribution is 7.92. The zero-order valence-electron chi connectivity index (χ0n) is 19.8. The summed E-state index contributed by atoms with van der Waals surface area (Å²) >= 11 is 6.25. The number of carbonyl (C=O) groups excluding carboxylic acids is 1. The van der Waals surface area contributed by atoms with Crippen molar-refractivity contribution >= 4 is 39.4 Å². The van der Waals surface area contributed by atoms with Crippen LogP contribution in [-0.2, 0) is 14.8 Å². The predicted molar refractivity (Wildman–Crippen MR) is 137 cm³/mol. The maximum Gasteiger partial charge on any atom is 0.264 e. The number of rotatable bonds is 9. The van der Waals surface area contributed by atoms with Crippen molar-refractivity contribution in [3.05, 3.63) is 82.4 Å². The average Bonchev–Trinajstić information content (AvgIpc) is 2.84. The lowest BCUT2D eigenvalue weighted by atomic mass is 10.2. The van der Waals surface area contributed by atoms with Gasteiger partial charge in [-0.1, -0.05) is 41.4 Å². The minimum absolute atomic E-state index is 0.0530. The first kappa shape index (κ1) is 26.1. The van der Waals surface area contributed by atoms with Gasteiger partial charge in [-0.15, -0.1) is 0 Å². The van der Waals surface area contributed by atoms with Crippen LogP contribution in [0.3, 0.4) is 0 Å². The molecular formula is C25H26ClN3O5S. The van der Waals surface area contributed by atoms with Gasteiger partial charge in [0.15, 0.2) is 11.5 Å². The van der Waals surface area contributed by atoms with Gasteiger partial charge in [0.2, 0.25) is 0 Å². The number of hydrogen-bond acceptors (Lipinski definition) is 6. The van der Waals surface area contributed by atoms with E-state index >= 15 is 0 Å². The quantitative estimate of drug-likeness (QED) is 0.338. The molecule has 0 bridgehead atoms. The molecule has 35 heavy (non-hydrogen) atoms. The van der Waals surface area contributed by atoms with Gasteiger partial charge in [0.05, 0.1) is 31.0 Å². The first-order valence-corrected chi connectivity index (χ1v) is 12.4. The summed E-state index contributed by atoms with van der Waals surface area (Å²) in [5.74, 6) is 0.316. The highest BCUT2D eigenvalue weighted by atomic mass is 35.5. The number of nitrogens with one attached hydrogen (secondary N) is 1. The third-order valence-electron chi connectivity index (χ3n) is 5.17. The SMILES string of the molecule is COc1cccc(/C=N\NC(=O)CN(c2ccc(C)c(Cl)c2)S(=O)(=O)c2ccc(C)cc2)c1OC. The van der Waals surface area contributed by atoms with Crippen LogP contribution in [-0.4, -0.2) is 41.3 Å². The summed E-state index contributed by atoms with van der Waals surface area (Å²) in [6.45, 7) is 3.15. The zero-order chi connectivity index (χ0) is 25.6. The fraction of sp³-hybridized carbons (Fsp3) is 0.200. The third kappa shape index (κ3) is 6.12. The van der Waals surface area contributed by atoms with Gasteiger partial charge >= 0.3 is 0 Å². The maximum absolute atomic E-state index is 13.5. The van der Waals surface area contributed by atoms with Crippen molar-refractivity contribution in [1.29, 1.82) is 0 Å². The molecule has 1 N–H and O–H groups in total. The fourth-order valence-electron chi connectivity index (χ4n) is 3.24. The molecule has 1 amide bonds. The van der Waals surface area contributed by atoms with Crippen LogP contribution in [0, 0.1) is 13.8 Å². The molecule has 0 aliphatic heterocycles. The summed E-state index contributed by atoms with van der Waals surface area (Å²) in [4.78, 5) is 12.8. The van der Waals surface area contributed by atoms with E-state index in [4.69, 9.17) is 21.1 Å². The summed E-state index contributed by atoms with van der Waals surface area (Å²) in [5, 5.41) is 4.35. The number of hydrazone groups is 1. The van der Waals surface area contributed by atoms with Gasteiger partial charge in [-0.3, -0.25) is 9.10 Å². The molecule has 0 fully saturated rings. The van der Waals surface area contributed by atoms with Crippen molar-refractivity contribution in [2.24, 2.45) is 5.10 Å². The number of para-hydroxylation sites is 1. The van der Waals surface area contributed by atoms with E-state index in [0.29, 0.717) is 22.1 Å². The van der Waals surface area contributed by atoms with Crippen molar-refractivity contribution in [3.63, 3.8) is 0 Å². The summed E-state index contributed by atoms with van der Waals surface area (Å²) in [5.41, 5.74) is 4.90. The molecule has 3 aromatic rings. The Morgan fingerprint density at radius 1 is 1.06 bits per heavy atom. The molecule has 0 aliphatic rings. The van der Waals surface area contributed by atoms with Crippen molar-refractivity contribution in [2.45, 2.75) is 18.7 Å². The minimum Gasteiger partial charge on any atom is -0.493 e. The molecule has 184 valence electrons. The molecule has 3 rings (SSSR count). The number of aryl methyl sites for hydroxylation is 2. The van der Waals surface area contributed by atoms with Gasteiger partial charge in [0.1, 0.15) is 6.54 Å². The molecular weight excluding hydrogens is 490 g/mol. The molecule has 0 aromatic heterocycles. The Kier molecular flexibility index (Phi) is 8.37. The number of carbonyl (C=O) groups is 1. The Bertz CT molecular complexity index is 1340. The topological polar surface area (TPSA) is 97.3 Å². The van der Waals surface area contributed by atoms with Gasteiger partial charge in [-0.2, -0.15) is 5.10 Å². The van der Waals surface area contributed by atoms with E-state index < -0.39 is 22.5 Å². The molecule has 0 spiro atoms. The lowest BCUT2D eigenvalue weighted by Crippen LogP contribution is -2.39. The lowest BCUT2D eigenvalue weighted by molar-refractivity contribution is -0.119. The standard InChI is InChI=1S/C25H26ClN3O5S/c1-17-8-12-21(13-9-17)35(31,32)29(20-11-10-18(2)22(26)14-20)16-24(30)28-27-15-19-6-5-7-23(33-3)25(19)34-4/h5-15H,16H2,1-4H3,(H,28,30)/b27-15-. The molecule has 10 heteroatoms. The Morgan fingerprint density at radius 3 is 2.40 bits per heavy atom. The number of anilines is 1. The highest BCUT2D eigenvalue weighted by Crippen LogP contribution is 2.30. The second-order valence-electron chi connectivity index (χ2n) is 7.63. The lowest BCUT2D eigenvalue weighted by Gasteiger charge is -2.24. The number of sulfonamides is 1. The van der Waals surface area contributed by atoms with Crippen molar-refractivity contribution in [1.82, 2.24) is 5.43 Å². The summed E-state index contributed by atoms with van der Waals surface area (Å²) < 4.78 is 38.5. The largest absolute Gasteiger partial charge is 0.493 e. The molecule has 0 atom stereocenters. The van der Waals surface area contributed by atoms with Gasteiger partial charge < -0.3 is 9.47 Å². The molecule has 8 nitrogen and oxygen atoms in total. The second-order valence-corrected chi connectivity index (χ2v) is 9.90. The fourth-order valence-corrected chi connectivity index (χ4v) is 4.83. The normalized spacial score (nSPS) is 11.3. The van der Waals surface area contributed by atoms with Crippen LogP contribution >= 0.6 is 11.6 Å². The van der Waals surface area contributed by atoms with Gasteiger partial charge in [-0.25, -0.2) is 13.8 Å². The van der Waals surface area contributed by atoms with Crippen molar-refractivity contribution < 1.29 is 22.7 Å². The van der Waals surface area contributed by atoms with Gasteiger partial charge in [0.25, 0.3) is 15.9 Å². The Labute approximate surface area is 210 Å². The van der Waals surface area contributed by atoms with E-state index in [0.717, 1.165) is 15.4 Å². The molecule has 0 saturated carbocycles. The predicted octanol–water partition coefficient (Wildman–Crippen LogP) is 4.32. The second kappa shape index (κ2) is 11.2. The Balaban J connectivity index is 1.88. The van der Waals surface area contributed by atoms with Crippen LogP contribution in [0.25, 0.3) is 0 Å². The van der Waals surface area contributed by atoms with Crippen LogP contribution in [0.4, 0.5) is 5.69 Å². The smallest absolute Gasteiger partial charge is 0.264 e. The van der Waals surface area contributed by atoms with Crippen molar-refractivity contribution in [2.75, 3.05) is 25.1 Å². The Morgan fingerprint density at radius 2 is 1.77 bits per heavy atom. The summed E-state index contributed by atoms with van der Waals surface area (Å²) in [7, 11) is -1.06. The Hall–Kier alpha value is -3.56. The van der Waals surface area contributed by atoms with Gasteiger partial charge in [0, 0.05) is 10.6 Å². The number of hydrogen-bond donors (Lipinski definition) is 1. The van der Waals surface area contributed by atoms with Crippen LogP contribution in [0.5, 0.6) is 11.5 Å². The number of benzene rings is 3. The zero-order valence-corrected chi connectivity index (χ0v) is 21.4. The van der Waals surface area contributed by atoms with Crippen LogP contribution in [0.15, 0.2) is 70.7 Å². The van der Waals surface area contributed by atoms with E-state index in [1.54, 1.807) is 49.4 Å². The minimum atomic E-state index is -4.07. The number of ether oxygens (including phenoxy) is 2. The van der Waals surface area contributed by atoms with Crippen LogP contribution in [0.2, 0.25) is 5.02 Å². The number of nitrogens with zero attached hydrogens (tertiary/aromatic N) is 2. The molecule has 0 aliphatic carbocycles. The van der Waals surface area contributed by atoms with E-state index in [1.807, 2.05) is 6.92 Å². The van der Waals surface area contributed by atoms with E-state index in [1.165, 1.54) is 38.6 Å². The van der Waals surface area contributed by atoms with E-state index in [9.17, 15) is 13.2 Å². The van der Waals surface area contributed by atoms with Crippen LogP contribution in [0.1, 0.15) is 16.7 Å². The third-order valence-corrected chi connectivity index (χ3v) is 7.36. The molecule has 0 saturated heterocycles. The van der Waals surface area contributed by atoms with E-state index in [-0.39, 0.29) is 10.6 Å². The first-order chi connectivity index (χ1) is 16.7. The van der Waals surface area contributed by atoms with Gasteiger partial charge in [-0.05, 0) is 55.8 Å². The number of methoxy groups -OCH3 is 2. The molecule has 0 unspecified atom stereocenters. The molecule has 0 heterocycles.